The fourth-order valence-electron chi connectivity index (χ4n) is 2.60. The van der Waals surface area contributed by atoms with E-state index in [1.54, 1.807) is 0 Å². The van der Waals surface area contributed by atoms with Crippen LogP contribution < -0.4 is 0 Å². The summed E-state index contributed by atoms with van der Waals surface area (Å²) >= 11 is 0. The van der Waals surface area contributed by atoms with Gasteiger partial charge in [-0.1, -0.05) is 0 Å². The van der Waals surface area contributed by atoms with Gasteiger partial charge in [-0.25, -0.2) is 4.79 Å². The van der Waals surface area contributed by atoms with Crippen LogP contribution in [0.3, 0.4) is 0 Å². The molecule has 13 nitrogen and oxygen atoms in total. The summed E-state index contributed by atoms with van der Waals surface area (Å²) in [5.41, 5.74) is 0.482. The molecule has 0 spiro atoms. The molecule has 1 heterocycles. The molecule has 164 valence electrons. The third-order valence-corrected chi connectivity index (χ3v) is 5.15. The van der Waals surface area contributed by atoms with Gasteiger partial charge in [0.25, 0.3) is 27.6 Å². The molecule has 14 heteroatoms. The third kappa shape index (κ3) is 5.79. The van der Waals surface area contributed by atoms with Crippen LogP contribution >= 0.6 is 0 Å². The van der Waals surface area contributed by atoms with Gasteiger partial charge in [-0.2, -0.15) is 8.42 Å². The van der Waals surface area contributed by atoms with Crippen molar-refractivity contribution in [2.24, 2.45) is 0 Å². The molecule has 0 radical (unpaired) electrons. The lowest BCUT2D eigenvalue weighted by atomic mass is 10.1. The molecule has 1 unspecified atom stereocenters. The summed E-state index contributed by atoms with van der Waals surface area (Å²) in [5, 5.41) is 18.0. The topological polar surface area (TPSA) is 191 Å². The van der Waals surface area contributed by atoms with E-state index in [9.17, 15) is 38.0 Å². The molecule has 1 fully saturated rings. The van der Waals surface area contributed by atoms with Crippen LogP contribution in [0.25, 0.3) is 0 Å². The second-order valence-electron chi connectivity index (χ2n) is 6.23. The van der Waals surface area contributed by atoms with Gasteiger partial charge >= 0.3 is 5.97 Å². The molecule has 2 N–H and O–H groups in total. The molecule has 0 aromatic heterocycles. The van der Waals surface area contributed by atoms with Gasteiger partial charge in [-0.3, -0.25) is 24.3 Å². The van der Waals surface area contributed by atoms with Crippen LogP contribution in [0.5, 0.6) is 0 Å². The number of rotatable bonds is 10. The minimum Gasteiger partial charge on any atom is -0.391 e. The second kappa shape index (κ2) is 9.71. The quantitative estimate of drug-likeness (QED) is 0.160. The van der Waals surface area contributed by atoms with E-state index in [2.05, 4.69) is 4.84 Å². The fraction of sp³-hybridized carbons (Fsp3) is 0.438. The number of nitro groups is 1. The summed E-state index contributed by atoms with van der Waals surface area (Å²) in [4.78, 5) is 49.9. The lowest BCUT2D eigenvalue weighted by Gasteiger charge is -2.13. The van der Waals surface area contributed by atoms with E-state index in [4.69, 9.17) is 9.29 Å². The summed E-state index contributed by atoms with van der Waals surface area (Å²) in [7, 11) is -4.79. The molecule has 1 aliphatic heterocycles. The number of aliphatic hydroxyl groups is 1. The van der Waals surface area contributed by atoms with E-state index in [1.807, 2.05) is 0 Å². The normalized spacial score (nSPS) is 16.7. The minimum absolute atomic E-state index is 0.0227. The predicted molar refractivity (Wildman–Crippen MR) is 95.8 cm³/mol. The van der Waals surface area contributed by atoms with E-state index in [0.717, 1.165) is 0 Å². The van der Waals surface area contributed by atoms with Gasteiger partial charge in [0.2, 0.25) is 0 Å². The van der Waals surface area contributed by atoms with Gasteiger partial charge in [-0.05, 0) is 24.1 Å². The number of ether oxygens (including phenoxy) is 1. The largest absolute Gasteiger partial charge is 0.391 e. The number of hydroxylamine groups is 2. The monoisotopic (exact) mass is 446 g/mol. The zero-order chi connectivity index (χ0) is 22.5. The highest BCUT2D eigenvalue weighted by Gasteiger charge is 2.48. The van der Waals surface area contributed by atoms with Crippen LogP contribution in [0.4, 0.5) is 5.69 Å². The summed E-state index contributed by atoms with van der Waals surface area (Å²) in [5.74, 6) is -3.38. The van der Waals surface area contributed by atoms with Gasteiger partial charge in [0.1, 0.15) is 0 Å². The Hall–Kier alpha value is -2.94. The molecule has 0 aliphatic carbocycles. The average Bonchev–Trinajstić information content (AvgIpc) is 2.95. The maximum Gasteiger partial charge on any atom is 0.333 e. The molecule has 1 atom stereocenters. The van der Waals surface area contributed by atoms with Crippen molar-refractivity contribution in [3.8, 4) is 0 Å². The van der Waals surface area contributed by atoms with Crippen LogP contribution in [0.1, 0.15) is 30.4 Å². The number of nitro benzene ring substituents is 1. The number of carbonyl (C=O) groups excluding carboxylic acids is 3. The molecule has 0 saturated carbocycles. The highest BCUT2D eigenvalue weighted by molar-refractivity contribution is 7.87. The first-order valence-corrected chi connectivity index (χ1v) is 10.0. The molecule has 1 saturated heterocycles. The molecule has 0 bridgehead atoms. The van der Waals surface area contributed by atoms with Crippen molar-refractivity contribution in [3.63, 3.8) is 0 Å². The molecular weight excluding hydrogens is 428 g/mol. The Morgan fingerprint density at radius 1 is 1.33 bits per heavy atom. The Labute approximate surface area is 170 Å². The number of amides is 2. The van der Waals surface area contributed by atoms with Crippen molar-refractivity contribution in [2.75, 3.05) is 6.61 Å². The summed E-state index contributed by atoms with van der Waals surface area (Å²) < 4.78 is 36.3. The Balaban J connectivity index is 1.76. The maximum atomic E-state index is 11.8. The van der Waals surface area contributed by atoms with E-state index in [0.29, 0.717) is 5.56 Å². The molecule has 2 rings (SSSR count). The Kier molecular flexibility index (Phi) is 7.55. The molecule has 1 aliphatic rings. The Morgan fingerprint density at radius 3 is 2.60 bits per heavy atom. The first-order chi connectivity index (χ1) is 14.0. The lowest BCUT2D eigenvalue weighted by Crippen LogP contribution is -2.36. The van der Waals surface area contributed by atoms with Crippen molar-refractivity contribution >= 4 is 33.6 Å². The first kappa shape index (κ1) is 23.3. The Morgan fingerprint density at radius 2 is 2.03 bits per heavy atom. The Bertz CT molecular complexity index is 960. The summed E-state index contributed by atoms with van der Waals surface area (Å²) in [6.07, 6.45) is -0.939. The van der Waals surface area contributed by atoms with Crippen molar-refractivity contribution in [3.05, 3.63) is 39.4 Å². The number of nitrogens with zero attached hydrogens (tertiary/aromatic N) is 2. The van der Waals surface area contributed by atoms with E-state index < -0.39 is 51.1 Å². The highest BCUT2D eigenvalue weighted by atomic mass is 32.2. The van der Waals surface area contributed by atoms with Crippen LogP contribution in [0.15, 0.2) is 18.2 Å². The lowest BCUT2D eigenvalue weighted by molar-refractivity contribution is -0.385. The van der Waals surface area contributed by atoms with Gasteiger partial charge < -0.3 is 14.7 Å². The van der Waals surface area contributed by atoms with Gasteiger partial charge in [-0.15, -0.1) is 5.06 Å². The van der Waals surface area contributed by atoms with E-state index in [1.165, 1.54) is 18.2 Å². The summed E-state index contributed by atoms with van der Waals surface area (Å²) in [6, 6.07) is 4.12. The molecule has 1 aromatic carbocycles. The minimum atomic E-state index is -4.79. The van der Waals surface area contributed by atoms with Gasteiger partial charge in [0, 0.05) is 12.7 Å². The zero-order valence-electron chi connectivity index (χ0n) is 15.4. The number of carbonyl (C=O) groups is 3. The van der Waals surface area contributed by atoms with Crippen molar-refractivity contribution in [1.29, 1.82) is 0 Å². The van der Waals surface area contributed by atoms with Crippen molar-refractivity contribution < 1.29 is 47.0 Å². The SMILES string of the molecule is O=C(CCCOCc1ccc([N+](=O)[O-])c(CO)c1)ON1C(=O)CC(S(=O)(=O)O)C1=O. The number of imide groups is 1. The second-order valence-corrected chi connectivity index (χ2v) is 7.83. The van der Waals surface area contributed by atoms with Crippen LogP contribution in [-0.4, -0.2) is 57.7 Å². The highest BCUT2D eigenvalue weighted by Crippen LogP contribution is 2.21. The number of benzene rings is 1. The number of hydrogen-bond donors (Lipinski definition) is 2. The average molecular weight is 446 g/mol. The summed E-state index contributed by atoms with van der Waals surface area (Å²) in [6.45, 7) is -0.391. The first-order valence-electron chi connectivity index (χ1n) is 8.53. The van der Waals surface area contributed by atoms with Gasteiger partial charge in [0.15, 0.2) is 5.25 Å². The van der Waals surface area contributed by atoms with Crippen LogP contribution in [0, 0.1) is 10.1 Å². The van der Waals surface area contributed by atoms with Crippen LogP contribution in [-0.2, 0) is 47.3 Å². The van der Waals surface area contributed by atoms with Crippen LogP contribution in [0.2, 0.25) is 0 Å². The van der Waals surface area contributed by atoms with Crippen molar-refractivity contribution in [1.82, 2.24) is 5.06 Å². The molecule has 1 aromatic rings. The third-order valence-electron chi connectivity index (χ3n) is 4.06. The smallest absolute Gasteiger partial charge is 0.333 e. The molecule has 30 heavy (non-hydrogen) atoms. The molecule has 2 amide bonds. The van der Waals surface area contributed by atoms with E-state index >= 15 is 0 Å². The zero-order valence-corrected chi connectivity index (χ0v) is 16.2. The van der Waals surface area contributed by atoms with Gasteiger partial charge in [0.05, 0.1) is 36.5 Å². The number of aliphatic hydroxyl groups excluding tert-OH is 1. The van der Waals surface area contributed by atoms with Crippen molar-refractivity contribution in [2.45, 2.75) is 37.7 Å². The standard InChI is InChI=1S/C16H18N2O11S/c19-8-11-6-10(3-4-12(11)18(23)24)9-28-5-1-2-15(21)29-17-14(20)7-13(16(17)22)30(25,26)27/h3-4,6,13,19H,1-2,5,7-9H2,(H,25,26,27). The maximum absolute atomic E-state index is 11.8. The number of hydrogen-bond acceptors (Lipinski definition) is 10. The molecular formula is C16H18N2O11S. The fourth-order valence-corrected chi connectivity index (χ4v) is 3.30. The van der Waals surface area contributed by atoms with E-state index in [-0.39, 0.29) is 42.4 Å². The predicted octanol–water partition coefficient (Wildman–Crippen LogP) is -0.143.